The molecule has 0 unspecified atom stereocenters. The van der Waals surface area contributed by atoms with Gasteiger partial charge in [0, 0.05) is 5.41 Å². The van der Waals surface area contributed by atoms with Gasteiger partial charge in [-0.3, -0.25) is 0 Å². The number of nitrogens with zero attached hydrogens (tertiary/aromatic N) is 3. The third-order valence-corrected chi connectivity index (χ3v) is 1.91. The van der Waals surface area contributed by atoms with Crippen LogP contribution in [-0.2, 0) is 5.41 Å². The van der Waals surface area contributed by atoms with Crippen LogP contribution in [-0.4, -0.2) is 19.9 Å². The predicted molar refractivity (Wildman–Crippen MR) is 50.4 cm³/mol. The highest BCUT2D eigenvalue weighted by Crippen LogP contribution is 2.19. The van der Waals surface area contributed by atoms with E-state index in [-0.39, 0.29) is 5.41 Å². The first-order valence-electron chi connectivity index (χ1n) is 4.24. The van der Waals surface area contributed by atoms with Gasteiger partial charge in [-0.05, 0) is 0 Å². The molecule has 1 N–H and O–H groups in total. The molecule has 68 valence electrons. The normalized spacial score (nSPS) is 12.2. The Labute approximate surface area is 76.4 Å². The van der Waals surface area contributed by atoms with Crippen LogP contribution in [0.4, 0.5) is 0 Å². The molecule has 2 aromatic rings. The summed E-state index contributed by atoms with van der Waals surface area (Å²) in [7, 11) is 0. The lowest BCUT2D eigenvalue weighted by Crippen LogP contribution is -2.13. The van der Waals surface area contributed by atoms with Crippen LogP contribution in [0.5, 0.6) is 0 Å². The molecule has 0 aliphatic carbocycles. The molecule has 0 amide bonds. The van der Waals surface area contributed by atoms with E-state index >= 15 is 0 Å². The summed E-state index contributed by atoms with van der Waals surface area (Å²) in [4.78, 5) is 15.6. The summed E-state index contributed by atoms with van der Waals surface area (Å²) in [5.41, 5.74) is 2.42. The van der Waals surface area contributed by atoms with Crippen molar-refractivity contribution in [1.82, 2.24) is 19.9 Å². The zero-order valence-corrected chi connectivity index (χ0v) is 8.00. The molecule has 0 aliphatic heterocycles. The summed E-state index contributed by atoms with van der Waals surface area (Å²) in [6, 6.07) is 0. The smallest absolute Gasteiger partial charge is 0.197 e. The van der Waals surface area contributed by atoms with Gasteiger partial charge in [0.05, 0.1) is 18.2 Å². The minimum atomic E-state index is 0.0279. The highest BCUT2D eigenvalue weighted by molar-refractivity contribution is 5.64. The number of imidazole rings is 1. The van der Waals surface area contributed by atoms with Gasteiger partial charge in [-0.1, -0.05) is 20.8 Å². The molecular formula is C9H12N4. The zero-order valence-electron chi connectivity index (χ0n) is 8.00. The standard InChI is InChI=1S/C9H12N4/c1-9(2,3)6-4-10-7-8(13-6)12-5-11-7/h4-5H,1-3H3,(H,10,11,12,13). The number of hydrogen-bond acceptors (Lipinski definition) is 3. The summed E-state index contributed by atoms with van der Waals surface area (Å²) in [5, 5.41) is 0. The van der Waals surface area contributed by atoms with Crippen molar-refractivity contribution in [3.05, 3.63) is 18.2 Å². The SMILES string of the molecule is CC(C)(C)c1cnc2[nH]cnc2n1. The van der Waals surface area contributed by atoms with Crippen LogP contribution in [0.2, 0.25) is 0 Å². The lowest BCUT2D eigenvalue weighted by atomic mass is 9.93. The second kappa shape index (κ2) is 2.52. The average molecular weight is 176 g/mol. The number of aromatic amines is 1. The first-order valence-corrected chi connectivity index (χ1v) is 4.24. The lowest BCUT2D eigenvalue weighted by Gasteiger charge is -2.16. The van der Waals surface area contributed by atoms with E-state index in [9.17, 15) is 0 Å². The van der Waals surface area contributed by atoms with Crippen LogP contribution in [0.15, 0.2) is 12.5 Å². The minimum Gasteiger partial charge on any atom is -0.328 e. The topological polar surface area (TPSA) is 54.5 Å². The van der Waals surface area contributed by atoms with Crippen molar-refractivity contribution in [3.8, 4) is 0 Å². The molecule has 2 heterocycles. The second-order valence-electron chi connectivity index (χ2n) is 4.08. The number of hydrogen-bond donors (Lipinski definition) is 1. The van der Waals surface area contributed by atoms with E-state index in [0.717, 1.165) is 11.3 Å². The minimum absolute atomic E-state index is 0.0279. The van der Waals surface area contributed by atoms with Gasteiger partial charge in [0.2, 0.25) is 0 Å². The van der Waals surface area contributed by atoms with Gasteiger partial charge in [0.25, 0.3) is 0 Å². The number of H-pyrrole nitrogens is 1. The van der Waals surface area contributed by atoms with Crippen molar-refractivity contribution < 1.29 is 0 Å². The average Bonchev–Trinajstić information content (AvgIpc) is 2.47. The Kier molecular flexibility index (Phi) is 1.58. The van der Waals surface area contributed by atoms with Gasteiger partial charge >= 0.3 is 0 Å². The van der Waals surface area contributed by atoms with Gasteiger partial charge in [0.1, 0.15) is 0 Å². The Balaban J connectivity index is 2.61. The predicted octanol–water partition coefficient (Wildman–Crippen LogP) is 1.65. The van der Waals surface area contributed by atoms with Gasteiger partial charge < -0.3 is 4.98 Å². The molecule has 4 nitrogen and oxygen atoms in total. The quantitative estimate of drug-likeness (QED) is 0.664. The first-order chi connectivity index (χ1) is 6.07. The number of aromatic nitrogens is 4. The second-order valence-corrected chi connectivity index (χ2v) is 4.08. The maximum atomic E-state index is 4.40. The third kappa shape index (κ3) is 1.39. The van der Waals surface area contributed by atoms with Crippen molar-refractivity contribution >= 4 is 11.3 Å². The molecule has 2 rings (SSSR count). The third-order valence-electron chi connectivity index (χ3n) is 1.91. The maximum Gasteiger partial charge on any atom is 0.197 e. The molecule has 2 aromatic heterocycles. The Morgan fingerprint density at radius 1 is 1.23 bits per heavy atom. The Bertz CT molecular complexity index is 424. The molecule has 0 atom stereocenters. The monoisotopic (exact) mass is 176 g/mol. The van der Waals surface area contributed by atoms with Gasteiger partial charge in [-0.25, -0.2) is 15.0 Å². The highest BCUT2D eigenvalue weighted by atomic mass is 15.0. The molecular weight excluding hydrogens is 164 g/mol. The van der Waals surface area contributed by atoms with E-state index in [1.54, 1.807) is 12.5 Å². The van der Waals surface area contributed by atoms with E-state index in [1.807, 2.05) is 0 Å². The molecule has 0 fully saturated rings. The molecule has 0 aliphatic rings. The summed E-state index contributed by atoms with van der Waals surface area (Å²) in [5.74, 6) is 0. The van der Waals surface area contributed by atoms with Gasteiger partial charge in [0.15, 0.2) is 11.3 Å². The van der Waals surface area contributed by atoms with Crippen LogP contribution in [0, 0.1) is 0 Å². The van der Waals surface area contributed by atoms with Crippen LogP contribution < -0.4 is 0 Å². The van der Waals surface area contributed by atoms with E-state index in [0.29, 0.717) is 5.65 Å². The first kappa shape index (κ1) is 8.16. The number of nitrogens with one attached hydrogen (secondary N) is 1. The summed E-state index contributed by atoms with van der Waals surface area (Å²) in [6.07, 6.45) is 3.40. The highest BCUT2D eigenvalue weighted by Gasteiger charge is 2.16. The van der Waals surface area contributed by atoms with E-state index < -0.39 is 0 Å². The van der Waals surface area contributed by atoms with E-state index in [2.05, 4.69) is 40.7 Å². The van der Waals surface area contributed by atoms with Crippen LogP contribution in [0.3, 0.4) is 0 Å². The summed E-state index contributed by atoms with van der Waals surface area (Å²) < 4.78 is 0. The van der Waals surface area contributed by atoms with Crippen LogP contribution >= 0.6 is 0 Å². The van der Waals surface area contributed by atoms with E-state index in [4.69, 9.17) is 0 Å². The van der Waals surface area contributed by atoms with E-state index in [1.165, 1.54) is 0 Å². The molecule has 0 bridgehead atoms. The fourth-order valence-corrected chi connectivity index (χ4v) is 1.09. The molecule has 0 saturated carbocycles. The van der Waals surface area contributed by atoms with Crippen molar-refractivity contribution in [2.45, 2.75) is 26.2 Å². The van der Waals surface area contributed by atoms with Crippen molar-refractivity contribution in [1.29, 1.82) is 0 Å². The molecule has 0 spiro atoms. The molecule has 0 aromatic carbocycles. The molecule has 0 saturated heterocycles. The Morgan fingerprint density at radius 3 is 2.69 bits per heavy atom. The van der Waals surface area contributed by atoms with Gasteiger partial charge in [-0.2, -0.15) is 0 Å². The Hall–Kier alpha value is -1.45. The molecule has 0 radical (unpaired) electrons. The maximum absolute atomic E-state index is 4.40. The summed E-state index contributed by atoms with van der Waals surface area (Å²) in [6.45, 7) is 6.32. The molecule has 13 heavy (non-hydrogen) atoms. The Morgan fingerprint density at radius 2 is 2.00 bits per heavy atom. The zero-order chi connectivity index (χ0) is 9.47. The number of rotatable bonds is 0. The molecule has 4 heteroatoms. The van der Waals surface area contributed by atoms with Gasteiger partial charge in [-0.15, -0.1) is 0 Å². The fraction of sp³-hybridized carbons (Fsp3) is 0.444. The summed E-state index contributed by atoms with van der Waals surface area (Å²) >= 11 is 0. The van der Waals surface area contributed by atoms with Crippen molar-refractivity contribution in [2.75, 3.05) is 0 Å². The van der Waals surface area contributed by atoms with Crippen molar-refractivity contribution in [2.24, 2.45) is 0 Å². The number of fused-ring (bicyclic) bond motifs is 1. The fourth-order valence-electron chi connectivity index (χ4n) is 1.09. The largest absolute Gasteiger partial charge is 0.328 e. The van der Waals surface area contributed by atoms with Crippen LogP contribution in [0.1, 0.15) is 26.5 Å². The van der Waals surface area contributed by atoms with Crippen molar-refractivity contribution in [3.63, 3.8) is 0 Å². The lowest BCUT2D eigenvalue weighted by molar-refractivity contribution is 0.568. The van der Waals surface area contributed by atoms with Crippen LogP contribution in [0.25, 0.3) is 11.3 Å².